The van der Waals surface area contributed by atoms with Crippen LogP contribution in [-0.4, -0.2) is 12.4 Å². The van der Waals surface area contributed by atoms with Crippen LogP contribution in [0.5, 0.6) is 5.75 Å². The number of ether oxygens (including phenoxy) is 2. The minimum atomic E-state index is -0.677. The Morgan fingerprint density at radius 1 is 1.15 bits per heavy atom. The summed E-state index contributed by atoms with van der Waals surface area (Å²) in [5, 5.41) is 0. The van der Waals surface area contributed by atoms with Gasteiger partial charge in [0.2, 0.25) is 0 Å². The average Bonchev–Trinajstić information content (AvgIpc) is 2.49. The number of rotatable bonds is 2. The van der Waals surface area contributed by atoms with Crippen molar-refractivity contribution in [2.75, 3.05) is 0 Å². The van der Waals surface area contributed by atoms with Gasteiger partial charge in [0.05, 0.1) is 5.69 Å². The third kappa shape index (κ3) is 2.40. The standard InChI is InChI=1S/C16H13NO3/c1-11-6-8-12(9-7-11)19-16-17-14-5-3-2-4-13(14)15(10-18)20-16/h2-10,15H,1H3. The fourth-order valence-corrected chi connectivity index (χ4v) is 1.98. The van der Waals surface area contributed by atoms with Crippen LogP contribution in [0.3, 0.4) is 0 Å². The summed E-state index contributed by atoms with van der Waals surface area (Å²) in [6.45, 7) is 2.00. The number of aryl methyl sites for hydroxylation is 1. The second kappa shape index (κ2) is 5.17. The molecule has 0 bridgehead atoms. The normalized spacial score (nSPS) is 16.6. The SMILES string of the molecule is Cc1ccc(OC2=Nc3ccccc3C(C=O)O2)cc1. The molecule has 0 N–H and O–H groups in total. The number of aldehydes is 1. The summed E-state index contributed by atoms with van der Waals surface area (Å²) in [6, 6.07) is 14.9. The molecule has 0 aliphatic carbocycles. The van der Waals surface area contributed by atoms with Gasteiger partial charge in [0, 0.05) is 5.56 Å². The minimum absolute atomic E-state index is 0.0876. The quantitative estimate of drug-likeness (QED) is 0.784. The highest BCUT2D eigenvalue weighted by molar-refractivity contribution is 5.81. The van der Waals surface area contributed by atoms with Gasteiger partial charge in [-0.05, 0) is 25.1 Å². The molecule has 2 aromatic carbocycles. The molecule has 4 heteroatoms. The van der Waals surface area contributed by atoms with Gasteiger partial charge in [0.25, 0.3) is 0 Å². The zero-order chi connectivity index (χ0) is 13.9. The predicted octanol–water partition coefficient (Wildman–Crippen LogP) is 3.33. The second-order valence-corrected chi connectivity index (χ2v) is 4.53. The van der Waals surface area contributed by atoms with E-state index in [0.29, 0.717) is 11.4 Å². The molecule has 0 fully saturated rings. The van der Waals surface area contributed by atoms with Gasteiger partial charge < -0.3 is 9.47 Å². The molecule has 100 valence electrons. The number of hydrogen-bond donors (Lipinski definition) is 0. The Kier molecular flexibility index (Phi) is 3.21. The number of carbonyl (C=O) groups excluding carboxylic acids is 1. The maximum absolute atomic E-state index is 11.1. The molecule has 4 nitrogen and oxygen atoms in total. The molecule has 3 rings (SSSR count). The number of fused-ring (bicyclic) bond motifs is 1. The van der Waals surface area contributed by atoms with Crippen LogP contribution in [0.4, 0.5) is 5.69 Å². The maximum atomic E-state index is 11.1. The Morgan fingerprint density at radius 2 is 1.90 bits per heavy atom. The summed E-state index contributed by atoms with van der Waals surface area (Å²) in [5.74, 6) is 0.624. The first kappa shape index (κ1) is 12.4. The summed E-state index contributed by atoms with van der Waals surface area (Å²) < 4.78 is 11.0. The molecule has 0 aromatic heterocycles. The van der Waals surface area contributed by atoms with E-state index in [4.69, 9.17) is 9.47 Å². The highest BCUT2D eigenvalue weighted by Crippen LogP contribution is 2.31. The van der Waals surface area contributed by atoms with E-state index in [1.54, 1.807) is 0 Å². The molecule has 2 aromatic rings. The predicted molar refractivity (Wildman–Crippen MR) is 75.2 cm³/mol. The zero-order valence-corrected chi connectivity index (χ0v) is 10.9. The van der Waals surface area contributed by atoms with Gasteiger partial charge in [-0.3, -0.25) is 4.79 Å². The monoisotopic (exact) mass is 267 g/mol. The van der Waals surface area contributed by atoms with Crippen LogP contribution in [0, 0.1) is 6.92 Å². The molecular weight excluding hydrogens is 254 g/mol. The van der Waals surface area contributed by atoms with Crippen LogP contribution < -0.4 is 4.74 Å². The molecule has 0 saturated heterocycles. The Morgan fingerprint density at radius 3 is 2.65 bits per heavy atom. The highest BCUT2D eigenvalue weighted by atomic mass is 16.7. The molecule has 20 heavy (non-hydrogen) atoms. The summed E-state index contributed by atoms with van der Waals surface area (Å²) in [7, 11) is 0. The Bertz CT molecular complexity index is 662. The average molecular weight is 267 g/mol. The van der Waals surface area contributed by atoms with E-state index >= 15 is 0 Å². The van der Waals surface area contributed by atoms with Crippen molar-refractivity contribution in [2.24, 2.45) is 4.99 Å². The molecule has 0 amide bonds. The van der Waals surface area contributed by atoms with Crippen LogP contribution in [-0.2, 0) is 9.53 Å². The van der Waals surface area contributed by atoms with Gasteiger partial charge in [0.15, 0.2) is 12.4 Å². The van der Waals surface area contributed by atoms with Gasteiger partial charge in [-0.25, -0.2) is 0 Å². The minimum Gasteiger partial charge on any atom is -0.434 e. The van der Waals surface area contributed by atoms with Gasteiger partial charge in [0.1, 0.15) is 5.75 Å². The van der Waals surface area contributed by atoms with E-state index < -0.39 is 6.10 Å². The summed E-state index contributed by atoms with van der Waals surface area (Å²) in [6.07, 6.45) is 0.153. The van der Waals surface area contributed by atoms with E-state index in [0.717, 1.165) is 17.4 Å². The molecular formula is C16H13NO3. The third-order valence-corrected chi connectivity index (χ3v) is 3.03. The van der Waals surface area contributed by atoms with E-state index in [2.05, 4.69) is 4.99 Å². The third-order valence-electron chi connectivity index (χ3n) is 3.03. The fourth-order valence-electron chi connectivity index (χ4n) is 1.98. The summed E-state index contributed by atoms with van der Waals surface area (Å²) in [4.78, 5) is 15.4. The Balaban J connectivity index is 1.90. The Labute approximate surface area is 116 Å². The number of aliphatic imine (C=N–C) groups is 1. The van der Waals surface area contributed by atoms with Gasteiger partial charge in [-0.15, -0.1) is 0 Å². The van der Waals surface area contributed by atoms with Gasteiger partial charge in [-0.2, -0.15) is 4.99 Å². The van der Waals surface area contributed by atoms with E-state index in [1.165, 1.54) is 0 Å². The van der Waals surface area contributed by atoms with Crippen molar-refractivity contribution < 1.29 is 14.3 Å². The topological polar surface area (TPSA) is 47.9 Å². The van der Waals surface area contributed by atoms with Crippen molar-refractivity contribution in [3.8, 4) is 5.75 Å². The molecule has 1 aliphatic heterocycles. The van der Waals surface area contributed by atoms with Crippen molar-refractivity contribution in [3.05, 3.63) is 59.7 Å². The number of benzene rings is 2. The Hall–Kier alpha value is -2.62. The molecule has 1 atom stereocenters. The van der Waals surface area contributed by atoms with Crippen molar-refractivity contribution in [3.63, 3.8) is 0 Å². The highest BCUT2D eigenvalue weighted by Gasteiger charge is 2.24. The van der Waals surface area contributed by atoms with Gasteiger partial charge in [-0.1, -0.05) is 35.9 Å². The van der Waals surface area contributed by atoms with E-state index in [1.807, 2.05) is 55.5 Å². The lowest BCUT2D eigenvalue weighted by molar-refractivity contribution is -0.115. The zero-order valence-electron chi connectivity index (χ0n) is 10.9. The van der Waals surface area contributed by atoms with Gasteiger partial charge >= 0.3 is 6.08 Å². The van der Waals surface area contributed by atoms with Crippen molar-refractivity contribution in [1.82, 2.24) is 0 Å². The molecule has 0 radical (unpaired) electrons. The number of hydrogen-bond acceptors (Lipinski definition) is 4. The van der Waals surface area contributed by atoms with Crippen LogP contribution in [0.1, 0.15) is 17.2 Å². The van der Waals surface area contributed by atoms with Crippen LogP contribution in [0.15, 0.2) is 53.5 Å². The van der Waals surface area contributed by atoms with Crippen molar-refractivity contribution in [1.29, 1.82) is 0 Å². The largest absolute Gasteiger partial charge is 0.434 e. The summed E-state index contributed by atoms with van der Waals surface area (Å²) >= 11 is 0. The smallest absolute Gasteiger partial charge is 0.395 e. The second-order valence-electron chi connectivity index (χ2n) is 4.53. The molecule has 1 unspecified atom stereocenters. The molecule has 0 spiro atoms. The molecule has 1 heterocycles. The van der Waals surface area contributed by atoms with Crippen LogP contribution in [0.2, 0.25) is 0 Å². The van der Waals surface area contributed by atoms with Crippen molar-refractivity contribution >= 4 is 18.1 Å². The fraction of sp³-hybridized carbons (Fsp3) is 0.125. The lowest BCUT2D eigenvalue weighted by atomic mass is 10.1. The van der Waals surface area contributed by atoms with Crippen LogP contribution >= 0.6 is 0 Å². The number of para-hydroxylation sites is 1. The first-order chi connectivity index (χ1) is 9.76. The maximum Gasteiger partial charge on any atom is 0.395 e. The van der Waals surface area contributed by atoms with E-state index in [9.17, 15) is 4.79 Å². The lowest BCUT2D eigenvalue weighted by Gasteiger charge is -2.21. The molecule has 0 saturated carbocycles. The van der Waals surface area contributed by atoms with Crippen LogP contribution in [0.25, 0.3) is 0 Å². The summed E-state index contributed by atoms with van der Waals surface area (Å²) in [5.41, 5.74) is 2.58. The first-order valence-corrected chi connectivity index (χ1v) is 6.30. The van der Waals surface area contributed by atoms with Crippen molar-refractivity contribution in [2.45, 2.75) is 13.0 Å². The van der Waals surface area contributed by atoms with E-state index in [-0.39, 0.29) is 6.08 Å². The molecule has 1 aliphatic rings. The number of carbonyl (C=O) groups is 1. The number of nitrogens with zero attached hydrogens (tertiary/aromatic N) is 1. The first-order valence-electron chi connectivity index (χ1n) is 6.30. The lowest BCUT2D eigenvalue weighted by Crippen LogP contribution is -2.21.